The summed E-state index contributed by atoms with van der Waals surface area (Å²) >= 11 is 0. The molecule has 0 radical (unpaired) electrons. The minimum absolute atomic E-state index is 0.197. The SMILES string of the molecule is CO[C@H]1C=Cc2ccccc2[C@@H]1NC(=O)OC(C)(C)C. The van der Waals surface area contributed by atoms with E-state index < -0.39 is 11.7 Å². The molecule has 20 heavy (non-hydrogen) atoms. The van der Waals surface area contributed by atoms with Crippen LogP contribution in [0, 0.1) is 0 Å². The first-order chi connectivity index (χ1) is 9.40. The monoisotopic (exact) mass is 275 g/mol. The van der Waals surface area contributed by atoms with Crippen molar-refractivity contribution in [3.05, 3.63) is 41.5 Å². The van der Waals surface area contributed by atoms with Gasteiger partial charge in [-0.05, 0) is 31.9 Å². The number of alkyl carbamates (subject to hydrolysis) is 1. The first kappa shape index (κ1) is 14.6. The molecule has 0 bridgehead atoms. The fourth-order valence-corrected chi connectivity index (χ4v) is 2.24. The minimum Gasteiger partial charge on any atom is -0.444 e. The number of carbonyl (C=O) groups is 1. The summed E-state index contributed by atoms with van der Waals surface area (Å²) in [6.45, 7) is 5.53. The lowest BCUT2D eigenvalue weighted by Crippen LogP contribution is -2.40. The molecule has 0 aliphatic heterocycles. The number of rotatable bonds is 2. The molecule has 0 heterocycles. The first-order valence-electron chi connectivity index (χ1n) is 6.70. The highest BCUT2D eigenvalue weighted by atomic mass is 16.6. The number of ether oxygens (including phenoxy) is 2. The highest BCUT2D eigenvalue weighted by Crippen LogP contribution is 2.29. The second kappa shape index (κ2) is 5.67. The van der Waals surface area contributed by atoms with Crippen LogP contribution in [-0.4, -0.2) is 24.9 Å². The third-order valence-electron chi connectivity index (χ3n) is 3.07. The van der Waals surface area contributed by atoms with Crippen molar-refractivity contribution < 1.29 is 14.3 Å². The van der Waals surface area contributed by atoms with Gasteiger partial charge in [-0.2, -0.15) is 0 Å². The van der Waals surface area contributed by atoms with E-state index in [2.05, 4.69) is 5.32 Å². The van der Waals surface area contributed by atoms with Crippen LogP contribution >= 0.6 is 0 Å². The van der Waals surface area contributed by atoms with Crippen molar-refractivity contribution in [2.45, 2.75) is 38.5 Å². The molecule has 1 amide bonds. The number of methoxy groups -OCH3 is 1. The van der Waals surface area contributed by atoms with Crippen molar-refractivity contribution >= 4 is 12.2 Å². The fraction of sp³-hybridized carbons (Fsp3) is 0.438. The molecule has 0 aromatic heterocycles. The molecule has 0 fully saturated rings. The maximum absolute atomic E-state index is 12.0. The quantitative estimate of drug-likeness (QED) is 0.901. The topological polar surface area (TPSA) is 47.6 Å². The third-order valence-corrected chi connectivity index (χ3v) is 3.07. The number of nitrogens with one attached hydrogen (secondary N) is 1. The lowest BCUT2D eigenvalue weighted by Gasteiger charge is -2.30. The van der Waals surface area contributed by atoms with Crippen LogP contribution in [0.15, 0.2) is 30.3 Å². The van der Waals surface area contributed by atoms with Crippen molar-refractivity contribution in [1.82, 2.24) is 5.32 Å². The molecule has 1 N–H and O–H groups in total. The number of carbonyl (C=O) groups excluding carboxylic acids is 1. The minimum atomic E-state index is -0.517. The summed E-state index contributed by atoms with van der Waals surface area (Å²) in [4.78, 5) is 12.0. The second-order valence-corrected chi connectivity index (χ2v) is 5.81. The van der Waals surface area contributed by atoms with Crippen molar-refractivity contribution in [3.8, 4) is 0 Å². The van der Waals surface area contributed by atoms with Gasteiger partial charge >= 0.3 is 6.09 Å². The predicted molar refractivity (Wildman–Crippen MR) is 78.4 cm³/mol. The molecule has 0 saturated carbocycles. The summed E-state index contributed by atoms with van der Waals surface area (Å²) in [7, 11) is 1.63. The summed E-state index contributed by atoms with van der Waals surface area (Å²) in [5, 5.41) is 2.90. The Labute approximate surface area is 119 Å². The standard InChI is InChI=1S/C16H21NO3/c1-16(2,3)20-15(18)17-14-12-8-6-5-7-11(12)9-10-13(14)19-4/h5-10,13-14H,1-4H3,(H,17,18)/t13-,14-/m0/s1. The Balaban J connectivity index is 2.20. The number of amides is 1. The molecule has 4 heteroatoms. The zero-order chi connectivity index (χ0) is 14.8. The average Bonchev–Trinajstić information content (AvgIpc) is 2.37. The number of fused-ring (bicyclic) bond motifs is 1. The maximum Gasteiger partial charge on any atom is 0.408 e. The Morgan fingerprint density at radius 2 is 1.95 bits per heavy atom. The van der Waals surface area contributed by atoms with E-state index in [0.29, 0.717) is 0 Å². The average molecular weight is 275 g/mol. The van der Waals surface area contributed by atoms with Crippen LogP contribution in [-0.2, 0) is 9.47 Å². The molecule has 1 aliphatic carbocycles. The zero-order valence-corrected chi connectivity index (χ0v) is 12.3. The molecular formula is C16H21NO3. The fourth-order valence-electron chi connectivity index (χ4n) is 2.24. The van der Waals surface area contributed by atoms with Crippen molar-refractivity contribution in [2.75, 3.05) is 7.11 Å². The van der Waals surface area contributed by atoms with Crippen molar-refractivity contribution in [2.24, 2.45) is 0 Å². The van der Waals surface area contributed by atoms with E-state index in [1.807, 2.05) is 57.2 Å². The molecule has 0 unspecified atom stereocenters. The zero-order valence-electron chi connectivity index (χ0n) is 12.3. The van der Waals surface area contributed by atoms with Gasteiger partial charge in [0.25, 0.3) is 0 Å². The lowest BCUT2D eigenvalue weighted by atomic mass is 9.91. The van der Waals surface area contributed by atoms with E-state index in [-0.39, 0.29) is 12.1 Å². The molecule has 2 rings (SSSR count). The van der Waals surface area contributed by atoms with Crippen LogP contribution in [0.5, 0.6) is 0 Å². The number of hydrogen-bond donors (Lipinski definition) is 1. The summed E-state index contributed by atoms with van der Waals surface area (Å²) in [5.74, 6) is 0. The van der Waals surface area contributed by atoms with Crippen molar-refractivity contribution in [1.29, 1.82) is 0 Å². The van der Waals surface area contributed by atoms with Gasteiger partial charge in [0.05, 0.1) is 6.04 Å². The Morgan fingerprint density at radius 1 is 1.25 bits per heavy atom. The summed E-state index contributed by atoms with van der Waals surface area (Å²) in [5.41, 5.74) is 1.60. The number of hydrogen-bond acceptors (Lipinski definition) is 3. The molecule has 0 saturated heterocycles. The van der Waals surface area contributed by atoms with E-state index in [0.717, 1.165) is 11.1 Å². The van der Waals surface area contributed by atoms with Gasteiger partial charge in [0.1, 0.15) is 11.7 Å². The van der Waals surface area contributed by atoms with Crippen LogP contribution in [0.4, 0.5) is 4.79 Å². The van der Waals surface area contributed by atoms with Gasteiger partial charge in [0.2, 0.25) is 0 Å². The van der Waals surface area contributed by atoms with Gasteiger partial charge < -0.3 is 14.8 Å². The van der Waals surface area contributed by atoms with Gasteiger partial charge in [-0.15, -0.1) is 0 Å². The van der Waals surface area contributed by atoms with E-state index in [9.17, 15) is 4.79 Å². The summed E-state index contributed by atoms with van der Waals surface area (Å²) < 4.78 is 10.8. The molecule has 108 valence electrons. The Bertz CT molecular complexity index is 517. The van der Waals surface area contributed by atoms with Gasteiger partial charge in [0.15, 0.2) is 0 Å². The number of benzene rings is 1. The normalized spacial score (nSPS) is 21.2. The summed E-state index contributed by atoms with van der Waals surface area (Å²) in [6.07, 6.45) is 3.33. The van der Waals surface area contributed by atoms with Crippen LogP contribution in [0.25, 0.3) is 6.08 Å². The van der Waals surface area contributed by atoms with Gasteiger partial charge in [-0.3, -0.25) is 0 Å². The largest absolute Gasteiger partial charge is 0.444 e. The smallest absolute Gasteiger partial charge is 0.408 e. The molecule has 1 aliphatic rings. The van der Waals surface area contributed by atoms with Gasteiger partial charge in [-0.1, -0.05) is 36.4 Å². The van der Waals surface area contributed by atoms with Gasteiger partial charge in [-0.25, -0.2) is 4.79 Å². The van der Waals surface area contributed by atoms with Crippen LogP contribution in [0.1, 0.15) is 37.9 Å². The third kappa shape index (κ3) is 3.39. The molecule has 1 aromatic carbocycles. The predicted octanol–water partition coefficient (Wildman–Crippen LogP) is 3.29. The molecule has 4 nitrogen and oxygen atoms in total. The highest BCUT2D eigenvalue weighted by molar-refractivity contribution is 5.70. The maximum atomic E-state index is 12.0. The van der Waals surface area contributed by atoms with E-state index >= 15 is 0 Å². The lowest BCUT2D eigenvalue weighted by molar-refractivity contribution is 0.0411. The Kier molecular flexibility index (Phi) is 4.14. The molecule has 2 atom stereocenters. The first-order valence-corrected chi connectivity index (χ1v) is 6.70. The second-order valence-electron chi connectivity index (χ2n) is 5.81. The van der Waals surface area contributed by atoms with Crippen molar-refractivity contribution in [3.63, 3.8) is 0 Å². The van der Waals surface area contributed by atoms with E-state index in [1.54, 1.807) is 7.11 Å². The molecule has 1 aromatic rings. The molecule has 0 spiro atoms. The van der Waals surface area contributed by atoms with Gasteiger partial charge in [0, 0.05) is 7.11 Å². The van der Waals surface area contributed by atoms with E-state index in [4.69, 9.17) is 9.47 Å². The summed E-state index contributed by atoms with van der Waals surface area (Å²) in [6, 6.07) is 7.69. The van der Waals surface area contributed by atoms with Crippen LogP contribution in [0.3, 0.4) is 0 Å². The highest BCUT2D eigenvalue weighted by Gasteiger charge is 2.29. The molecular weight excluding hydrogens is 254 g/mol. The van der Waals surface area contributed by atoms with Crippen LogP contribution < -0.4 is 5.32 Å². The Hall–Kier alpha value is -1.81. The van der Waals surface area contributed by atoms with E-state index in [1.165, 1.54) is 0 Å². The Morgan fingerprint density at radius 3 is 2.60 bits per heavy atom. The van der Waals surface area contributed by atoms with Crippen LogP contribution in [0.2, 0.25) is 0 Å².